The van der Waals surface area contributed by atoms with E-state index in [0.717, 1.165) is 23.1 Å². The molecule has 1 aromatic heterocycles. The number of hydrogen-bond donors (Lipinski definition) is 0. The van der Waals surface area contributed by atoms with E-state index in [9.17, 15) is 0 Å². The van der Waals surface area contributed by atoms with Gasteiger partial charge in [-0.3, -0.25) is 0 Å². The van der Waals surface area contributed by atoms with E-state index in [4.69, 9.17) is 4.98 Å². The Hall–Kier alpha value is -1.65. The minimum Gasteiger partial charge on any atom is -0.217 e. The fourth-order valence-corrected chi connectivity index (χ4v) is 3.63. The lowest BCUT2D eigenvalue weighted by Gasteiger charge is -2.06. The first-order valence-electron chi connectivity index (χ1n) is 7.10. The standard InChI is InChI=1S/C18H15N2S.BrH/c1-3-7-14(8-4-1)16-13-17(15-9-5-2-6-10-15)20-11-12-21-18(20)19-16;/h1-10,13H,11-12H2;1H/q+1;. The second-order valence-corrected chi connectivity index (χ2v) is 6.10. The predicted molar refractivity (Wildman–Crippen MR) is 96.4 cm³/mol. The molecule has 2 nitrogen and oxygen atoms in total. The van der Waals surface area contributed by atoms with Crippen molar-refractivity contribution in [2.24, 2.45) is 0 Å². The molecular weight excluding hydrogens is 356 g/mol. The smallest absolute Gasteiger partial charge is 0.217 e. The number of halogens is 1. The average molecular weight is 372 g/mol. The highest BCUT2D eigenvalue weighted by atomic mass is 79.9. The molecule has 1 aliphatic heterocycles. The van der Waals surface area contributed by atoms with Crippen molar-refractivity contribution in [3.05, 3.63) is 66.7 Å². The van der Waals surface area contributed by atoms with E-state index in [1.807, 2.05) is 17.8 Å². The number of thioether (sulfide) groups is 1. The van der Waals surface area contributed by atoms with Crippen molar-refractivity contribution in [1.82, 2.24) is 4.98 Å². The maximum absolute atomic E-state index is 4.84. The monoisotopic (exact) mass is 371 g/mol. The summed E-state index contributed by atoms with van der Waals surface area (Å²) in [6, 6.07) is 23.2. The predicted octanol–water partition coefficient (Wildman–Crippen LogP) is 4.39. The number of fused-ring (bicyclic) bond motifs is 1. The van der Waals surface area contributed by atoms with Gasteiger partial charge < -0.3 is 0 Å². The quantitative estimate of drug-likeness (QED) is 0.490. The summed E-state index contributed by atoms with van der Waals surface area (Å²) in [4.78, 5) is 4.84. The Bertz CT molecular complexity index is 776. The molecule has 2 aromatic carbocycles. The molecule has 0 saturated carbocycles. The summed E-state index contributed by atoms with van der Waals surface area (Å²) in [6.07, 6.45) is 0. The van der Waals surface area contributed by atoms with Crippen LogP contribution in [0, 0.1) is 0 Å². The van der Waals surface area contributed by atoms with E-state index in [1.165, 1.54) is 16.8 Å². The zero-order chi connectivity index (χ0) is 14.1. The Kier molecular flexibility index (Phi) is 4.60. The molecule has 3 aromatic rings. The average Bonchev–Trinajstić information content (AvgIpc) is 3.04. The van der Waals surface area contributed by atoms with Crippen LogP contribution in [0.5, 0.6) is 0 Å². The molecule has 0 unspecified atom stereocenters. The van der Waals surface area contributed by atoms with Gasteiger partial charge >= 0.3 is 5.16 Å². The van der Waals surface area contributed by atoms with Crippen molar-refractivity contribution >= 4 is 28.7 Å². The highest BCUT2D eigenvalue weighted by molar-refractivity contribution is 8.93. The maximum atomic E-state index is 4.84. The first-order chi connectivity index (χ1) is 10.4. The second kappa shape index (κ2) is 6.63. The summed E-state index contributed by atoms with van der Waals surface area (Å²) in [5.41, 5.74) is 4.73. The molecule has 0 radical (unpaired) electrons. The fraction of sp³-hybridized carbons (Fsp3) is 0.111. The highest BCUT2D eigenvalue weighted by Gasteiger charge is 2.27. The van der Waals surface area contributed by atoms with Crippen LogP contribution in [0.4, 0.5) is 0 Å². The van der Waals surface area contributed by atoms with Crippen LogP contribution in [0.25, 0.3) is 22.5 Å². The SMILES string of the molecule is Br.c1ccc(-c2cc(-c3ccccc3)[n+]3c(n2)SCC3)cc1. The topological polar surface area (TPSA) is 16.8 Å². The molecule has 1 aliphatic rings. The Balaban J connectivity index is 0.00000144. The van der Waals surface area contributed by atoms with Crippen LogP contribution in [0.2, 0.25) is 0 Å². The van der Waals surface area contributed by atoms with Crippen LogP contribution in [0.15, 0.2) is 71.9 Å². The van der Waals surface area contributed by atoms with Crippen molar-refractivity contribution in [3.8, 4) is 22.5 Å². The number of nitrogens with zero attached hydrogens (tertiary/aromatic N) is 2. The second-order valence-electron chi connectivity index (χ2n) is 5.04. The zero-order valence-corrected chi connectivity index (χ0v) is 14.5. The van der Waals surface area contributed by atoms with Gasteiger partial charge in [0.25, 0.3) is 0 Å². The summed E-state index contributed by atoms with van der Waals surface area (Å²) in [5.74, 6) is 1.10. The number of rotatable bonds is 2. The first-order valence-corrected chi connectivity index (χ1v) is 8.09. The van der Waals surface area contributed by atoms with E-state index in [2.05, 4.69) is 65.2 Å². The molecule has 22 heavy (non-hydrogen) atoms. The van der Waals surface area contributed by atoms with Crippen LogP contribution in [0.3, 0.4) is 0 Å². The minimum atomic E-state index is 0. The highest BCUT2D eigenvalue weighted by Crippen LogP contribution is 2.28. The van der Waals surface area contributed by atoms with Gasteiger partial charge in [0.05, 0.1) is 0 Å². The van der Waals surface area contributed by atoms with Crippen molar-refractivity contribution in [1.29, 1.82) is 0 Å². The molecule has 0 N–H and O–H groups in total. The van der Waals surface area contributed by atoms with Crippen molar-refractivity contribution in [2.45, 2.75) is 11.7 Å². The molecule has 0 atom stereocenters. The van der Waals surface area contributed by atoms with E-state index in [1.54, 1.807) is 0 Å². The lowest BCUT2D eigenvalue weighted by molar-refractivity contribution is -0.716. The van der Waals surface area contributed by atoms with E-state index in [0.29, 0.717) is 0 Å². The van der Waals surface area contributed by atoms with Gasteiger partial charge in [0, 0.05) is 22.9 Å². The molecule has 0 aliphatic carbocycles. The normalized spacial score (nSPS) is 12.5. The molecule has 2 heterocycles. The summed E-state index contributed by atoms with van der Waals surface area (Å²) < 4.78 is 2.33. The molecule has 0 bridgehead atoms. The maximum Gasteiger partial charge on any atom is 0.360 e. The van der Waals surface area contributed by atoms with Crippen LogP contribution in [0.1, 0.15) is 0 Å². The van der Waals surface area contributed by atoms with Gasteiger partial charge in [-0.1, -0.05) is 60.7 Å². The van der Waals surface area contributed by atoms with Crippen LogP contribution in [-0.2, 0) is 6.54 Å². The third kappa shape index (κ3) is 2.81. The van der Waals surface area contributed by atoms with Gasteiger partial charge in [0.15, 0.2) is 5.69 Å². The summed E-state index contributed by atoms with van der Waals surface area (Å²) >= 11 is 1.84. The third-order valence-corrected chi connectivity index (χ3v) is 4.65. The lowest BCUT2D eigenvalue weighted by Crippen LogP contribution is -2.36. The Labute approximate surface area is 145 Å². The van der Waals surface area contributed by atoms with Crippen LogP contribution in [-0.4, -0.2) is 10.7 Å². The molecule has 0 fully saturated rings. The fourth-order valence-electron chi connectivity index (χ4n) is 2.67. The number of benzene rings is 2. The molecular formula is C18H16BrN2S+. The van der Waals surface area contributed by atoms with Gasteiger partial charge in [0.1, 0.15) is 12.2 Å². The van der Waals surface area contributed by atoms with Gasteiger partial charge in [-0.2, -0.15) is 0 Å². The zero-order valence-electron chi connectivity index (χ0n) is 12.0. The Morgan fingerprint density at radius 1 is 0.864 bits per heavy atom. The largest absolute Gasteiger partial charge is 0.360 e. The first kappa shape index (κ1) is 15.3. The summed E-state index contributed by atoms with van der Waals surface area (Å²) in [5, 5.41) is 1.12. The van der Waals surface area contributed by atoms with Crippen molar-refractivity contribution in [3.63, 3.8) is 0 Å². The summed E-state index contributed by atoms with van der Waals surface area (Å²) in [6.45, 7) is 1.03. The molecule has 0 saturated heterocycles. The summed E-state index contributed by atoms with van der Waals surface area (Å²) in [7, 11) is 0. The van der Waals surface area contributed by atoms with Crippen molar-refractivity contribution < 1.29 is 4.57 Å². The molecule has 4 rings (SSSR count). The molecule has 110 valence electrons. The third-order valence-electron chi connectivity index (χ3n) is 3.70. The van der Waals surface area contributed by atoms with E-state index >= 15 is 0 Å². The van der Waals surface area contributed by atoms with Crippen LogP contribution >= 0.6 is 28.7 Å². The van der Waals surface area contributed by atoms with Crippen LogP contribution < -0.4 is 4.57 Å². The molecule has 0 amide bonds. The minimum absolute atomic E-state index is 0. The van der Waals surface area contributed by atoms with Crippen molar-refractivity contribution in [2.75, 3.05) is 5.75 Å². The number of aromatic nitrogens is 2. The van der Waals surface area contributed by atoms with Gasteiger partial charge in [0.2, 0.25) is 0 Å². The lowest BCUT2D eigenvalue weighted by atomic mass is 10.1. The Morgan fingerprint density at radius 3 is 2.18 bits per heavy atom. The van der Waals surface area contributed by atoms with E-state index < -0.39 is 0 Å². The van der Waals surface area contributed by atoms with Gasteiger partial charge in [-0.25, -0.2) is 4.57 Å². The molecule has 0 spiro atoms. The number of hydrogen-bond acceptors (Lipinski definition) is 2. The van der Waals surface area contributed by atoms with E-state index in [-0.39, 0.29) is 17.0 Å². The Morgan fingerprint density at radius 2 is 1.50 bits per heavy atom. The molecule has 4 heteroatoms. The van der Waals surface area contributed by atoms with Gasteiger partial charge in [-0.15, -0.1) is 17.0 Å². The van der Waals surface area contributed by atoms with Gasteiger partial charge in [-0.05, 0) is 16.7 Å².